The van der Waals surface area contributed by atoms with Gasteiger partial charge in [-0.1, -0.05) is 12.1 Å². The van der Waals surface area contributed by atoms with E-state index in [1.807, 2.05) is 0 Å². The Morgan fingerprint density at radius 2 is 2.20 bits per heavy atom. The zero-order valence-corrected chi connectivity index (χ0v) is 9.49. The maximum Gasteiger partial charge on any atom is 0.122 e. The quantitative estimate of drug-likeness (QED) is 0.818. The van der Waals surface area contributed by atoms with E-state index in [0.29, 0.717) is 6.04 Å². The largest absolute Gasteiger partial charge is 0.496 e. The van der Waals surface area contributed by atoms with E-state index in [-0.39, 0.29) is 0 Å². The number of hydrogen-bond donors (Lipinski definition) is 1. The lowest BCUT2D eigenvalue weighted by Gasteiger charge is -2.13. The van der Waals surface area contributed by atoms with Gasteiger partial charge in [0.15, 0.2) is 0 Å². The molecule has 2 nitrogen and oxygen atoms in total. The summed E-state index contributed by atoms with van der Waals surface area (Å²) in [5, 5.41) is 0. The minimum absolute atomic E-state index is 0.307. The summed E-state index contributed by atoms with van der Waals surface area (Å²) in [7, 11) is 1.72. The van der Waals surface area contributed by atoms with Gasteiger partial charge in [-0.3, -0.25) is 0 Å². The average molecular weight is 205 g/mol. The molecule has 0 saturated heterocycles. The first-order valence-electron chi connectivity index (χ1n) is 5.60. The van der Waals surface area contributed by atoms with Crippen molar-refractivity contribution in [1.82, 2.24) is 0 Å². The Bertz CT molecular complexity index is 344. The first-order valence-corrected chi connectivity index (χ1v) is 5.60. The van der Waals surface area contributed by atoms with E-state index in [0.717, 1.165) is 18.1 Å². The molecule has 1 aliphatic carbocycles. The van der Waals surface area contributed by atoms with E-state index in [1.165, 1.54) is 24.0 Å². The number of aryl methyl sites for hydroxylation is 1. The summed E-state index contributed by atoms with van der Waals surface area (Å²) >= 11 is 0. The molecule has 0 aliphatic heterocycles. The minimum atomic E-state index is 0.307. The Hall–Kier alpha value is -1.02. The van der Waals surface area contributed by atoms with Gasteiger partial charge in [0.2, 0.25) is 0 Å². The topological polar surface area (TPSA) is 35.2 Å². The summed E-state index contributed by atoms with van der Waals surface area (Å²) in [4.78, 5) is 0. The number of benzene rings is 1. The van der Waals surface area contributed by atoms with Crippen LogP contribution in [0.3, 0.4) is 0 Å². The van der Waals surface area contributed by atoms with Crippen LogP contribution in [-0.2, 0) is 6.42 Å². The average Bonchev–Trinajstić information content (AvgIpc) is 3.04. The highest BCUT2D eigenvalue weighted by molar-refractivity contribution is 5.37. The van der Waals surface area contributed by atoms with Gasteiger partial charge < -0.3 is 10.5 Å². The van der Waals surface area contributed by atoms with Crippen molar-refractivity contribution in [1.29, 1.82) is 0 Å². The smallest absolute Gasteiger partial charge is 0.122 e. The molecule has 1 saturated carbocycles. The number of hydrogen-bond acceptors (Lipinski definition) is 2. The molecule has 0 bridgehead atoms. The monoisotopic (exact) mass is 205 g/mol. The lowest BCUT2D eigenvalue weighted by atomic mass is 10.0. The van der Waals surface area contributed by atoms with Crippen molar-refractivity contribution in [3.63, 3.8) is 0 Å². The molecule has 2 heteroatoms. The van der Waals surface area contributed by atoms with Gasteiger partial charge in [-0.15, -0.1) is 0 Å². The molecule has 0 spiro atoms. The van der Waals surface area contributed by atoms with Crippen LogP contribution in [0.25, 0.3) is 0 Å². The van der Waals surface area contributed by atoms with Crippen molar-refractivity contribution in [2.24, 2.45) is 11.7 Å². The molecule has 2 N–H and O–H groups in total. The number of methoxy groups -OCH3 is 1. The minimum Gasteiger partial charge on any atom is -0.496 e. The molecule has 1 fully saturated rings. The Morgan fingerprint density at radius 3 is 2.80 bits per heavy atom. The molecule has 82 valence electrons. The van der Waals surface area contributed by atoms with Crippen molar-refractivity contribution in [3.8, 4) is 5.75 Å². The maximum absolute atomic E-state index is 6.12. The SMILES string of the molecule is COc1cc(C)ccc1CC(N)C1CC1. The summed E-state index contributed by atoms with van der Waals surface area (Å²) in [5.74, 6) is 1.72. The van der Waals surface area contributed by atoms with E-state index in [1.54, 1.807) is 7.11 Å². The highest BCUT2D eigenvalue weighted by Gasteiger charge is 2.28. The molecule has 0 aromatic heterocycles. The summed E-state index contributed by atoms with van der Waals surface area (Å²) in [6.07, 6.45) is 3.54. The van der Waals surface area contributed by atoms with Crippen molar-refractivity contribution < 1.29 is 4.74 Å². The summed E-state index contributed by atoms with van der Waals surface area (Å²) < 4.78 is 5.37. The standard InChI is InChI=1S/C13H19NO/c1-9-3-4-11(13(7-9)15-2)8-12(14)10-5-6-10/h3-4,7,10,12H,5-6,8,14H2,1-2H3. The van der Waals surface area contributed by atoms with Crippen LogP contribution in [0.1, 0.15) is 24.0 Å². The van der Waals surface area contributed by atoms with Crippen LogP contribution in [0.5, 0.6) is 5.75 Å². The zero-order chi connectivity index (χ0) is 10.8. The Kier molecular flexibility index (Phi) is 2.96. The van der Waals surface area contributed by atoms with Crippen LogP contribution >= 0.6 is 0 Å². The van der Waals surface area contributed by atoms with Crippen molar-refractivity contribution in [2.45, 2.75) is 32.2 Å². The molecule has 0 amide bonds. The fraction of sp³-hybridized carbons (Fsp3) is 0.538. The molecule has 0 radical (unpaired) electrons. The molecule has 1 aliphatic rings. The lowest BCUT2D eigenvalue weighted by Crippen LogP contribution is -2.25. The molecule has 1 unspecified atom stereocenters. The van der Waals surface area contributed by atoms with Gasteiger partial charge in [0.05, 0.1) is 7.11 Å². The first-order chi connectivity index (χ1) is 7.20. The van der Waals surface area contributed by atoms with Gasteiger partial charge in [0.25, 0.3) is 0 Å². The summed E-state index contributed by atoms with van der Waals surface area (Å²) in [5.41, 5.74) is 8.59. The third-order valence-electron chi connectivity index (χ3n) is 3.13. The van der Waals surface area contributed by atoms with Crippen LogP contribution < -0.4 is 10.5 Å². The van der Waals surface area contributed by atoms with Crippen molar-refractivity contribution in [3.05, 3.63) is 29.3 Å². The number of nitrogens with two attached hydrogens (primary N) is 1. The van der Waals surface area contributed by atoms with Gasteiger partial charge in [-0.2, -0.15) is 0 Å². The normalized spacial score (nSPS) is 17.5. The molecule has 2 rings (SSSR count). The van der Waals surface area contributed by atoms with Gasteiger partial charge in [0.1, 0.15) is 5.75 Å². The summed E-state index contributed by atoms with van der Waals surface area (Å²) in [6, 6.07) is 6.64. The highest BCUT2D eigenvalue weighted by atomic mass is 16.5. The van der Waals surface area contributed by atoms with E-state index in [4.69, 9.17) is 10.5 Å². The van der Waals surface area contributed by atoms with E-state index in [9.17, 15) is 0 Å². The third-order valence-corrected chi connectivity index (χ3v) is 3.13. The van der Waals surface area contributed by atoms with Crippen LogP contribution in [0.2, 0.25) is 0 Å². The zero-order valence-electron chi connectivity index (χ0n) is 9.49. The second-order valence-electron chi connectivity index (χ2n) is 4.52. The van der Waals surface area contributed by atoms with Gasteiger partial charge in [-0.05, 0) is 49.3 Å². The van der Waals surface area contributed by atoms with Crippen LogP contribution in [-0.4, -0.2) is 13.2 Å². The second kappa shape index (κ2) is 4.23. The fourth-order valence-corrected chi connectivity index (χ4v) is 1.97. The van der Waals surface area contributed by atoms with Gasteiger partial charge >= 0.3 is 0 Å². The summed E-state index contributed by atoms with van der Waals surface area (Å²) in [6.45, 7) is 2.08. The molecule has 1 aromatic rings. The van der Waals surface area contributed by atoms with E-state index < -0.39 is 0 Å². The van der Waals surface area contributed by atoms with Crippen molar-refractivity contribution >= 4 is 0 Å². The number of rotatable bonds is 4. The molecular weight excluding hydrogens is 186 g/mol. The van der Waals surface area contributed by atoms with Gasteiger partial charge in [0, 0.05) is 6.04 Å². The predicted octanol–water partition coefficient (Wildman–Crippen LogP) is 2.28. The fourth-order valence-electron chi connectivity index (χ4n) is 1.97. The predicted molar refractivity (Wildman–Crippen MR) is 62.1 cm³/mol. The first kappa shape index (κ1) is 10.5. The molecule has 1 aromatic carbocycles. The second-order valence-corrected chi connectivity index (χ2v) is 4.52. The van der Waals surface area contributed by atoms with Crippen molar-refractivity contribution in [2.75, 3.05) is 7.11 Å². The molecule has 1 atom stereocenters. The molecule has 15 heavy (non-hydrogen) atoms. The van der Waals surface area contributed by atoms with Gasteiger partial charge in [-0.25, -0.2) is 0 Å². The van der Waals surface area contributed by atoms with E-state index >= 15 is 0 Å². The molecule has 0 heterocycles. The van der Waals surface area contributed by atoms with Crippen LogP contribution in [0, 0.1) is 12.8 Å². The van der Waals surface area contributed by atoms with E-state index in [2.05, 4.69) is 25.1 Å². The third kappa shape index (κ3) is 2.51. The lowest BCUT2D eigenvalue weighted by molar-refractivity contribution is 0.406. The molecular formula is C13H19NO. The van der Waals surface area contributed by atoms with Crippen LogP contribution in [0.15, 0.2) is 18.2 Å². The Balaban J connectivity index is 2.11. The maximum atomic E-state index is 6.12. The highest BCUT2D eigenvalue weighted by Crippen LogP contribution is 2.34. The Labute approximate surface area is 91.4 Å². The Morgan fingerprint density at radius 1 is 1.47 bits per heavy atom. The van der Waals surface area contributed by atoms with Crippen LogP contribution in [0.4, 0.5) is 0 Å². The number of ether oxygens (including phenoxy) is 1.